The molecule has 18 heteroatoms. The molecule has 0 aliphatic carbocycles. The summed E-state index contributed by atoms with van der Waals surface area (Å²) in [6, 6.07) is 11.1. The summed E-state index contributed by atoms with van der Waals surface area (Å²) in [5.41, 5.74) is -5.27. The van der Waals surface area contributed by atoms with Crippen LogP contribution in [0.4, 0.5) is 40.7 Å². The van der Waals surface area contributed by atoms with Crippen LogP contribution in [-0.2, 0) is 27.5 Å². The summed E-state index contributed by atoms with van der Waals surface area (Å²) in [6.45, 7) is 1.24. The maximum atomic E-state index is 13.9. The van der Waals surface area contributed by atoms with E-state index in [1.165, 1.54) is 30.3 Å². The summed E-state index contributed by atoms with van der Waals surface area (Å²) in [5.74, 6) is -1.24. The molecule has 1 heterocycles. The van der Waals surface area contributed by atoms with Crippen molar-refractivity contribution in [2.24, 2.45) is 10.2 Å². The fourth-order valence-corrected chi connectivity index (χ4v) is 4.95. The van der Waals surface area contributed by atoms with E-state index in [9.17, 15) is 41.5 Å². The van der Waals surface area contributed by atoms with Crippen LogP contribution < -0.4 is 20.9 Å². The number of unbranched alkanes of at least 4 members (excludes halogenated alkanes) is 1. The first-order valence-electron chi connectivity index (χ1n) is 13.7. The largest absolute Gasteiger partial charge is 0.493 e. The highest BCUT2D eigenvalue weighted by Crippen LogP contribution is 2.40. The number of ether oxygens (including phenoxy) is 1. The summed E-state index contributed by atoms with van der Waals surface area (Å²) < 4.78 is 75.3. The van der Waals surface area contributed by atoms with Crippen LogP contribution in [0.5, 0.6) is 5.88 Å². The Morgan fingerprint density at radius 3 is 2.30 bits per heavy atom. The number of rotatable bonds is 14. The van der Waals surface area contributed by atoms with Crippen LogP contribution in [0.25, 0.3) is 0 Å². The Morgan fingerprint density at radius 1 is 1.07 bits per heavy atom. The number of sulfonamides is 1. The monoisotopic (exact) mass is 665 g/mol. The number of aliphatic hydroxyl groups excluding tert-OH is 1. The quantitative estimate of drug-likeness (QED) is 0.121. The number of urea groups is 1. The third-order valence-corrected chi connectivity index (χ3v) is 7.52. The normalized spacial score (nSPS) is 11.7. The number of hydrogen-bond acceptors (Lipinski definition) is 10. The lowest BCUT2D eigenvalue weighted by Crippen LogP contribution is -2.29. The van der Waals surface area contributed by atoms with Crippen LogP contribution in [-0.4, -0.2) is 55.6 Å². The van der Waals surface area contributed by atoms with Gasteiger partial charge in [0.2, 0.25) is 5.88 Å². The van der Waals surface area contributed by atoms with Gasteiger partial charge in [-0.1, -0.05) is 13.3 Å². The molecule has 0 spiro atoms. The molecule has 0 aliphatic rings. The number of nitrogens with zero attached hydrogens (tertiary/aromatic N) is 4. The van der Waals surface area contributed by atoms with Crippen molar-refractivity contribution in [3.63, 3.8) is 0 Å². The van der Waals surface area contributed by atoms with Gasteiger partial charge >= 0.3 is 12.2 Å². The van der Waals surface area contributed by atoms with Crippen LogP contribution in [0, 0.1) is 11.3 Å². The molecule has 0 fully saturated rings. The number of alkyl halides is 3. The van der Waals surface area contributed by atoms with Gasteiger partial charge in [-0.05, 0) is 55.0 Å². The highest BCUT2D eigenvalue weighted by atomic mass is 32.2. The standard InChI is InChI=1S/C28H30F3N7O7S/c1-2-3-12-33-27(42)34-18-4-6-20(7-5-18)37-46(43,44)21-10-8-19(9-11-21)35-36-24-23(28(29,30)31)22(17-32)25(40)38(26(24)41)13-15-45-16-14-39/h4-11,37,39-40H,2-3,12-16H2,1H3,(H2,33,34,42). The first kappa shape index (κ1) is 35.5. The molecule has 0 bridgehead atoms. The Morgan fingerprint density at radius 2 is 1.72 bits per heavy atom. The number of anilines is 2. The van der Waals surface area contributed by atoms with Gasteiger partial charge in [0, 0.05) is 17.9 Å². The fourth-order valence-electron chi connectivity index (χ4n) is 3.89. The van der Waals surface area contributed by atoms with Gasteiger partial charge < -0.3 is 25.6 Å². The minimum absolute atomic E-state index is 0.136. The summed E-state index contributed by atoms with van der Waals surface area (Å²) in [5, 5.41) is 40.8. The second kappa shape index (κ2) is 15.8. The van der Waals surface area contributed by atoms with Crippen molar-refractivity contribution in [2.75, 3.05) is 36.4 Å². The van der Waals surface area contributed by atoms with E-state index in [-0.39, 0.29) is 36.1 Å². The summed E-state index contributed by atoms with van der Waals surface area (Å²) in [7, 11) is -4.13. The first-order valence-corrected chi connectivity index (χ1v) is 15.2. The van der Waals surface area contributed by atoms with E-state index in [1.54, 1.807) is 0 Å². The van der Waals surface area contributed by atoms with Gasteiger partial charge in [-0.25, -0.2) is 13.2 Å². The van der Waals surface area contributed by atoms with Crippen molar-refractivity contribution in [1.82, 2.24) is 9.88 Å². The number of aromatic nitrogens is 1. The smallest absolute Gasteiger partial charge is 0.420 e. The number of pyridine rings is 1. The lowest BCUT2D eigenvalue weighted by Gasteiger charge is -2.16. The van der Waals surface area contributed by atoms with E-state index >= 15 is 0 Å². The number of carbonyl (C=O) groups excluding carboxylic acids is 1. The first-order chi connectivity index (χ1) is 21.8. The number of aliphatic hydroxyl groups is 1. The zero-order valence-corrected chi connectivity index (χ0v) is 25.2. The van der Waals surface area contributed by atoms with Gasteiger partial charge in [0.05, 0.1) is 36.9 Å². The van der Waals surface area contributed by atoms with E-state index in [0.717, 1.165) is 37.1 Å². The average molecular weight is 666 g/mol. The molecule has 2 amide bonds. The Bertz CT molecular complexity index is 1750. The number of carbonyl (C=O) groups is 1. The molecule has 14 nitrogen and oxygen atoms in total. The van der Waals surface area contributed by atoms with Crippen molar-refractivity contribution < 1.29 is 41.3 Å². The molecule has 246 valence electrons. The summed E-state index contributed by atoms with van der Waals surface area (Å²) in [4.78, 5) is 24.6. The molecule has 1 aromatic heterocycles. The zero-order valence-electron chi connectivity index (χ0n) is 24.3. The van der Waals surface area contributed by atoms with Gasteiger partial charge in [0.15, 0.2) is 5.69 Å². The SMILES string of the molecule is CCCCNC(=O)Nc1ccc(NS(=O)(=O)c2ccc(N=Nc3c(C(F)(F)F)c(C#N)c(O)n(CCOCCO)c3=O)cc2)cc1. The minimum Gasteiger partial charge on any atom is -0.493 e. The summed E-state index contributed by atoms with van der Waals surface area (Å²) in [6.07, 6.45) is -3.54. The zero-order chi connectivity index (χ0) is 33.9. The van der Waals surface area contributed by atoms with Gasteiger partial charge in [-0.2, -0.15) is 23.5 Å². The van der Waals surface area contributed by atoms with E-state index < -0.39 is 57.0 Å². The Kier molecular flexibility index (Phi) is 12.2. The number of hydrogen-bond donors (Lipinski definition) is 5. The highest BCUT2D eigenvalue weighted by molar-refractivity contribution is 7.92. The van der Waals surface area contributed by atoms with Crippen molar-refractivity contribution in [3.05, 3.63) is 70.0 Å². The Labute approximate surface area is 261 Å². The summed E-state index contributed by atoms with van der Waals surface area (Å²) >= 11 is 0. The van der Waals surface area contributed by atoms with Gasteiger partial charge in [-0.15, -0.1) is 5.11 Å². The fraction of sp³-hybridized carbons (Fsp3) is 0.321. The van der Waals surface area contributed by atoms with Crippen molar-refractivity contribution >= 4 is 38.8 Å². The second-order valence-corrected chi connectivity index (χ2v) is 11.1. The van der Waals surface area contributed by atoms with Crippen LogP contribution in [0.1, 0.15) is 30.9 Å². The van der Waals surface area contributed by atoms with Crippen LogP contribution in [0.3, 0.4) is 0 Å². The third kappa shape index (κ3) is 9.26. The molecular formula is C28H30F3N7O7S. The molecule has 2 aromatic carbocycles. The van der Waals surface area contributed by atoms with E-state index in [0.29, 0.717) is 16.8 Å². The molecule has 0 saturated carbocycles. The predicted octanol–water partition coefficient (Wildman–Crippen LogP) is 4.59. The third-order valence-electron chi connectivity index (χ3n) is 6.13. The molecular weight excluding hydrogens is 635 g/mol. The number of halogens is 3. The molecule has 5 N–H and O–H groups in total. The molecule has 0 radical (unpaired) electrons. The number of azo groups is 1. The molecule has 0 aliphatic heterocycles. The van der Waals surface area contributed by atoms with Gasteiger partial charge in [0.1, 0.15) is 17.2 Å². The number of aromatic hydroxyl groups is 1. The Balaban J connectivity index is 1.82. The average Bonchev–Trinajstić information content (AvgIpc) is 3.00. The number of nitrogens with one attached hydrogen (secondary N) is 3. The molecule has 46 heavy (non-hydrogen) atoms. The predicted molar refractivity (Wildman–Crippen MR) is 160 cm³/mol. The van der Waals surface area contributed by atoms with E-state index in [1.807, 2.05) is 6.92 Å². The lowest BCUT2D eigenvalue weighted by atomic mass is 10.1. The molecule has 0 atom stereocenters. The number of amides is 2. The van der Waals surface area contributed by atoms with E-state index in [4.69, 9.17) is 9.84 Å². The maximum Gasteiger partial charge on any atom is 0.420 e. The number of benzene rings is 2. The maximum absolute atomic E-state index is 13.9. The lowest BCUT2D eigenvalue weighted by molar-refractivity contribution is -0.137. The van der Waals surface area contributed by atoms with E-state index in [2.05, 4.69) is 25.6 Å². The Hall–Kier alpha value is -4.99. The van der Waals surface area contributed by atoms with Gasteiger partial charge in [-0.3, -0.25) is 14.1 Å². The highest BCUT2D eigenvalue weighted by Gasteiger charge is 2.41. The molecule has 3 aromatic rings. The van der Waals surface area contributed by atoms with Gasteiger partial charge in [0.25, 0.3) is 15.6 Å². The van der Waals surface area contributed by atoms with Crippen LogP contribution >= 0.6 is 0 Å². The number of nitriles is 1. The topological polar surface area (TPSA) is 207 Å². The molecule has 0 saturated heterocycles. The van der Waals surface area contributed by atoms with Crippen molar-refractivity contribution in [2.45, 2.75) is 37.4 Å². The van der Waals surface area contributed by atoms with Crippen molar-refractivity contribution in [3.8, 4) is 11.9 Å². The van der Waals surface area contributed by atoms with Crippen molar-refractivity contribution in [1.29, 1.82) is 5.26 Å². The molecule has 3 rings (SSSR count). The molecule has 0 unspecified atom stereocenters. The second-order valence-electron chi connectivity index (χ2n) is 9.44. The minimum atomic E-state index is -5.28. The van der Waals surface area contributed by atoms with Crippen LogP contribution in [0.2, 0.25) is 0 Å². The van der Waals surface area contributed by atoms with Crippen LogP contribution in [0.15, 0.2) is 68.4 Å².